The van der Waals surface area contributed by atoms with Gasteiger partial charge in [0, 0.05) is 25.5 Å². The number of hydrogen-bond acceptors (Lipinski definition) is 6. The predicted molar refractivity (Wildman–Crippen MR) is 85.6 cm³/mol. The SMILES string of the molecule is O=C(Nc1cnccn1)[C@H]1C[C@H]2OCC[C@H]2N(S(=O)(=O)C2CC2)C1. The summed E-state index contributed by atoms with van der Waals surface area (Å²) in [6, 6.07) is -0.129. The predicted octanol–water partition coefficient (Wildman–Crippen LogP) is 0.387. The molecule has 9 heteroatoms. The maximum atomic E-state index is 12.7. The molecular formula is C15H20N4O4S. The highest BCUT2D eigenvalue weighted by Crippen LogP contribution is 2.39. The molecule has 0 radical (unpaired) electrons. The third-order valence-electron chi connectivity index (χ3n) is 4.92. The molecular weight excluding hydrogens is 332 g/mol. The number of fused-ring (bicyclic) bond motifs is 1. The Kier molecular flexibility index (Phi) is 4.01. The maximum Gasteiger partial charge on any atom is 0.230 e. The number of rotatable bonds is 4. The first-order valence-corrected chi connectivity index (χ1v) is 9.75. The van der Waals surface area contributed by atoms with E-state index in [1.54, 1.807) is 0 Å². The number of sulfonamides is 1. The lowest BCUT2D eigenvalue weighted by Crippen LogP contribution is -2.54. The lowest BCUT2D eigenvalue weighted by atomic mass is 9.91. The Morgan fingerprint density at radius 2 is 2.12 bits per heavy atom. The van der Waals surface area contributed by atoms with Crippen LogP contribution in [0.15, 0.2) is 18.6 Å². The van der Waals surface area contributed by atoms with Gasteiger partial charge in [-0.1, -0.05) is 0 Å². The van der Waals surface area contributed by atoms with Gasteiger partial charge in [-0.2, -0.15) is 4.31 Å². The second-order valence-corrected chi connectivity index (χ2v) is 8.76. The maximum absolute atomic E-state index is 12.7. The molecule has 2 saturated heterocycles. The summed E-state index contributed by atoms with van der Waals surface area (Å²) in [5.41, 5.74) is 0. The molecule has 24 heavy (non-hydrogen) atoms. The van der Waals surface area contributed by atoms with Crippen LogP contribution < -0.4 is 5.32 Å². The Morgan fingerprint density at radius 1 is 1.29 bits per heavy atom. The molecule has 2 aliphatic heterocycles. The number of piperidine rings is 1. The number of carbonyl (C=O) groups is 1. The first kappa shape index (κ1) is 15.9. The molecule has 4 rings (SSSR count). The molecule has 1 aromatic rings. The molecule has 0 unspecified atom stereocenters. The monoisotopic (exact) mass is 352 g/mol. The standard InChI is InChI=1S/C15H20N4O4S/c20-15(18-14-8-16-4-5-17-14)10-7-13-12(3-6-23-13)19(9-10)24(21,22)11-1-2-11/h4-5,8,10-13H,1-3,6-7,9H2,(H,17,18,20)/t10-,12+,13+/m0/s1. The van der Waals surface area contributed by atoms with Crippen molar-refractivity contribution in [1.82, 2.24) is 14.3 Å². The van der Waals surface area contributed by atoms with Crippen LogP contribution in [0.2, 0.25) is 0 Å². The first-order chi connectivity index (χ1) is 11.6. The molecule has 3 aliphatic rings. The molecule has 3 atom stereocenters. The van der Waals surface area contributed by atoms with Crippen molar-refractivity contribution in [3.63, 3.8) is 0 Å². The molecule has 0 aromatic carbocycles. The third kappa shape index (κ3) is 2.91. The lowest BCUT2D eigenvalue weighted by molar-refractivity contribution is -0.123. The summed E-state index contributed by atoms with van der Waals surface area (Å²) in [5.74, 6) is -0.311. The number of nitrogens with one attached hydrogen (secondary N) is 1. The van der Waals surface area contributed by atoms with Gasteiger partial charge in [0.05, 0.1) is 29.5 Å². The fourth-order valence-electron chi connectivity index (χ4n) is 3.53. The van der Waals surface area contributed by atoms with E-state index in [9.17, 15) is 13.2 Å². The van der Waals surface area contributed by atoms with Crippen molar-refractivity contribution in [2.24, 2.45) is 5.92 Å². The summed E-state index contributed by atoms with van der Waals surface area (Å²) in [6.07, 6.45) is 6.95. The van der Waals surface area contributed by atoms with E-state index >= 15 is 0 Å². The van der Waals surface area contributed by atoms with Crippen molar-refractivity contribution in [3.05, 3.63) is 18.6 Å². The molecule has 1 aliphatic carbocycles. The molecule has 1 N–H and O–H groups in total. The van der Waals surface area contributed by atoms with E-state index in [1.807, 2.05) is 0 Å². The largest absolute Gasteiger partial charge is 0.376 e. The van der Waals surface area contributed by atoms with Gasteiger partial charge < -0.3 is 10.1 Å². The molecule has 1 aromatic heterocycles. The number of ether oxygens (including phenoxy) is 1. The Bertz CT molecular complexity index is 722. The number of aromatic nitrogens is 2. The molecule has 3 heterocycles. The normalized spacial score (nSPS) is 30.8. The first-order valence-electron chi connectivity index (χ1n) is 8.25. The molecule has 1 amide bonds. The van der Waals surface area contributed by atoms with Gasteiger partial charge in [-0.05, 0) is 25.7 Å². The third-order valence-corrected chi connectivity index (χ3v) is 7.31. The van der Waals surface area contributed by atoms with E-state index in [-0.39, 0.29) is 29.8 Å². The Labute approximate surface area is 140 Å². The molecule has 8 nitrogen and oxygen atoms in total. The van der Waals surface area contributed by atoms with Gasteiger partial charge in [0.15, 0.2) is 5.82 Å². The molecule has 0 bridgehead atoms. The van der Waals surface area contributed by atoms with Gasteiger partial charge in [-0.3, -0.25) is 9.78 Å². The van der Waals surface area contributed by atoms with Crippen molar-refractivity contribution >= 4 is 21.7 Å². The summed E-state index contributed by atoms with van der Waals surface area (Å²) in [4.78, 5) is 20.5. The van der Waals surface area contributed by atoms with E-state index in [0.717, 1.165) is 0 Å². The van der Waals surface area contributed by atoms with Crippen molar-refractivity contribution in [1.29, 1.82) is 0 Å². The van der Waals surface area contributed by atoms with Crippen LogP contribution in [-0.4, -0.2) is 59.1 Å². The van der Waals surface area contributed by atoms with Crippen LogP contribution in [0.5, 0.6) is 0 Å². The zero-order valence-electron chi connectivity index (χ0n) is 13.2. The fraction of sp³-hybridized carbons (Fsp3) is 0.667. The van der Waals surface area contributed by atoms with E-state index in [2.05, 4.69) is 15.3 Å². The fourth-order valence-corrected chi connectivity index (χ4v) is 5.65. The zero-order chi connectivity index (χ0) is 16.7. The molecule has 0 spiro atoms. The number of amides is 1. The average Bonchev–Trinajstić information content (AvgIpc) is 3.34. The quantitative estimate of drug-likeness (QED) is 0.841. The van der Waals surface area contributed by atoms with Crippen LogP contribution in [0.4, 0.5) is 5.82 Å². The van der Waals surface area contributed by atoms with E-state index in [1.165, 1.54) is 22.9 Å². The van der Waals surface area contributed by atoms with Gasteiger partial charge in [0.1, 0.15) is 0 Å². The summed E-state index contributed by atoms with van der Waals surface area (Å²) >= 11 is 0. The summed E-state index contributed by atoms with van der Waals surface area (Å²) in [6.45, 7) is 0.764. The number of nitrogens with zero attached hydrogens (tertiary/aromatic N) is 3. The van der Waals surface area contributed by atoms with Gasteiger partial charge >= 0.3 is 0 Å². The summed E-state index contributed by atoms with van der Waals surface area (Å²) < 4.78 is 32.7. The second kappa shape index (κ2) is 6.05. The summed E-state index contributed by atoms with van der Waals surface area (Å²) in [5, 5.41) is 2.44. The smallest absolute Gasteiger partial charge is 0.230 e. The van der Waals surface area contributed by atoms with Crippen LogP contribution >= 0.6 is 0 Å². The van der Waals surface area contributed by atoms with E-state index in [4.69, 9.17) is 4.74 Å². The zero-order valence-corrected chi connectivity index (χ0v) is 14.0. The van der Waals surface area contributed by atoms with Gasteiger partial charge in [-0.15, -0.1) is 0 Å². The Morgan fingerprint density at radius 3 is 2.83 bits per heavy atom. The van der Waals surface area contributed by atoms with Crippen molar-refractivity contribution in [3.8, 4) is 0 Å². The number of anilines is 1. The van der Waals surface area contributed by atoms with E-state index < -0.39 is 15.9 Å². The average molecular weight is 352 g/mol. The van der Waals surface area contributed by atoms with Crippen LogP contribution in [0.1, 0.15) is 25.7 Å². The second-order valence-electron chi connectivity index (χ2n) is 6.59. The summed E-state index contributed by atoms with van der Waals surface area (Å²) in [7, 11) is -3.34. The molecule has 3 fully saturated rings. The van der Waals surface area contributed by atoms with Gasteiger partial charge in [0.2, 0.25) is 15.9 Å². The van der Waals surface area contributed by atoms with Gasteiger partial charge in [0.25, 0.3) is 0 Å². The Hall–Kier alpha value is -1.58. The minimum atomic E-state index is -3.34. The van der Waals surface area contributed by atoms with Crippen LogP contribution in [0, 0.1) is 5.92 Å². The highest BCUT2D eigenvalue weighted by atomic mass is 32.2. The number of hydrogen-bond donors (Lipinski definition) is 1. The van der Waals surface area contributed by atoms with E-state index in [0.29, 0.717) is 38.1 Å². The lowest BCUT2D eigenvalue weighted by Gasteiger charge is -2.39. The van der Waals surface area contributed by atoms with Crippen LogP contribution in [0.25, 0.3) is 0 Å². The molecule has 130 valence electrons. The highest BCUT2D eigenvalue weighted by molar-refractivity contribution is 7.90. The van der Waals surface area contributed by atoms with Crippen LogP contribution in [-0.2, 0) is 19.6 Å². The Balaban J connectivity index is 1.53. The highest BCUT2D eigenvalue weighted by Gasteiger charge is 2.50. The van der Waals surface area contributed by atoms with Crippen molar-refractivity contribution < 1.29 is 17.9 Å². The topological polar surface area (TPSA) is 101 Å². The van der Waals surface area contributed by atoms with Crippen molar-refractivity contribution in [2.75, 3.05) is 18.5 Å². The van der Waals surface area contributed by atoms with Gasteiger partial charge in [-0.25, -0.2) is 13.4 Å². The number of carbonyl (C=O) groups excluding carboxylic acids is 1. The molecule has 1 saturated carbocycles. The van der Waals surface area contributed by atoms with Crippen molar-refractivity contribution in [2.45, 2.75) is 43.1 Å². The minimum absolute atomic E-state index is 0.129. The minimum Gasteiger partial charge on any atom is -0.376 e. The van der Waals surface area contributed by atoms with Crippen LogP contribution in [0.3, 0.4) is 0 Å².